The molecule has 0 bridgehead atoms. The zero-order valence-corrected chi connectivity index (χ0v) is 11.1. The predicted molar refractivity (Wildman–Crippen MR) is 77.5 cm³/mol. The summed E-state index contributed by atoms with van der Waals surface area (Å²) in [5, 5.41) is 4.19. The summed E-state index contributed by atoms with van der Waals surface area (Å²) < 4.78 is 29.1. The van der Waals surface area contributed by atoms with Crippen LogP contribution in [0.15, 0.2) is 43.1 Å². The fourth-order valence-electron chi connectivity index (χ4n) is 2.04. The number of aromatic nitrogens is 2. The van der Waals surface area contributed by atoms with Crippen molar-refractivity contribution in [2.45, 2.75) is 19.8 Å². The van der Waals surface area contributed by atoms with Crippen molar-refractivity contribution in [2.75, 3.05) is 6.61 Å². The zero-order chi connectivity index (χ0) is 16.2. The summed E-state index contributed by atoms with van der Waals surface area (Å²) in [5.74, 6) is 0.783. The molecule has 0 unspecified atom stereocenters. The Morgan fingerprint density at radius 2 is 2.26 bits per heavy atom. The molecule has 0 saturated heterocycles. The van der Waals surface area contributed by atoms with Gasteiger partial charge in [0.15, 0.2) is 0 Å². The first kappa shape index (κ1) is 9.84. The van der Waals surface area contributed by atoms with Crippen LogP contribution in [0, 0.1) is 0 Å². The summed E-state index contributed by atoms with van der Waals surface area (Å²) in [4.78, 5) is 0. The van der Waals surface area contributed by atoms with E-state index in [9.17, 15) is 0 Å². The highest BCUT2D eigenvalue weighted by Crippen LogP contribution is 2.22. The smallest absolute Gasteiger partial charge is 0.123 e. The van der Waals surface area contributed by atoms with Gasteiger partial charge in [-0.25, -0.2) is 0 Å². The zero-order valence-electron chi connectivity index (χ0n) is 14.1. The lowest BCUT2D eigenvalue weighted by Crippen LogP contribution is -1.99. The Morgan fingerprint density at radius 3 is 3.00 bits per heavy atom. The lowest BCUT2D eigenvalue weighted by atomic mass is 10.0. The molecule has 0 amide bonds. The molecule has 0 spiro atoms. The van der Waals surface area contributed by atoms with Gasteiger partial charge in [0.25, 0.3) is 0 Å². The van der Waals surface area contributed by atoms with Gasteiger partial charge in [0.2, 0.25) is 0 Å². The fraction of sp³-hybridized carbons (Fsp3) is 0.312. The Hall–Kier alpha value is -2.03. The van der Waals surface area contributed by atoms with Gasteiger partial charge < -0.3 is 4.74 Å². The number of benzene rings is 1. The van der Waals surface area contributed by atoms with Crippen LogP contribution in [0.4, 0.5) is 0 Å². The molecule has 3 heteroatoms. The van der Waals surface area contributed by atoms with Crippen LogP contribution < -0.4 is 4.74 Å². The Kier molecular flexibility index (Phi) is 3.23. The highest BCUT2D eigenvalue weighted by Gasteiger charge is 2.09. The van der Waals surface area contributed by atoms with Gasteiger partial charge in [0, 0.05) is 23.7 Å². The number of hydrogen-bond donors (Lipinski definition) is 0. The molecule has 19 heavy (non-hydrogen) atoms. The van der Waals surface area contributed by atoms with Crippen molar-refractivity contribution in [2.24, 2.45) is 6.98 Å². The van der Waals surface area contributed by atoms with E-state index in [1.54, 1.807) is 12.3 Å². The van der Waals surface area contributed by atoms with Crippen molar-refractivity contribution in [3.05, 3.63) is 59.9 Å². The summed E-state index contributed by atoms with van der Waals surface area (Å²) in [5.41, 5.74) is 2.71. The average molecular weight is 259 g/mol. The third-order valence-electron chi connectivity index (χ3n) is 2.92. The summed E-state index contributed by atoms with van der Waals surface area (Å²) in [7, 11) is 0. The number of para-hydroxylation sites is 1. The molecule has 2 rings (SSSR count). The second-order valence-electron chi connectivity index (χ2n) is 4.28. The Bertz CT molecular complexity index is 647. The second-order valence-corrected chi connectivity index (χ2v) is 4.28. The molecule has 1 heterocycles. The van der Waals surface area contributed by atoms with Gasteiger partial charge in [-0.3, -0.25) is 4.68 Å². The van der Waals surface area contributed by atoms with Crippen molar-refractivity contribution in [3.8, 4) is 5.75 Å². The first-order chi connectivity index (χ1) is 10.5. The monoisotopic (exact) mass is 259 g/mol. The Balaban J connectivity index is 2.31. The van der Waals surface area contributed by atoms with Crippen LogP contribution in [0.5, 0.6) is 5.75 Å². The summed E-state index contributed by atoms with van der Waals surface area (Å²) in [6.07, 6.45) is 4.58. The highest BCUT2D eigenvalue weighted by atomic mass is 16.5. The number of ether oxygens (including phenoxy) is 1. The first-order valence-corrected chi connectivity index (χ1v) is 6.35. The van der Waals surface area contributed by atoms with E-state index in [1.807, 2.05) is 31.2 Å². The van der Waals surface area contributed by atoms with E-state index in [0.29, 0.717) is 19.4 Å². The molecular formula is C16H20N2O. The molecule has 100 valence electrons. The number of rotatable bonds is 6. The van der Waals surface area contributed by atoms with Crippen LogP contribution in [0.2, 0.25) is 0 Å². The maximum absolute atomic E-state index is 7.47. The molecule has 0 aliphatic carbocycles. The van der Waals surface area contributed by atoms with Gasteiger partial charge >= 0.3 is 0 Å². The number of nitrogens with zero attached hydrogens (tertiary/aromatic N) is 2. The van der Waals surface area contributed by atoms with Crippen molar-refractivity contribution in [3.63, 3.8) is 0 Å². The van der Waals surface area contributed by atoms with Gasteiger partial charge in [-0.2, -0.15) is 5.10 Å². The van der Waals surface area contributed by atoms with Gasteiger partial charge in [-0.15, -0.1) is 0 Å². The minimum absolute atomic E-state index is 0.437. The van der Waals surface area contributed by atoms with Crippen LogP contribution in [-0.2, 0) is 19.8 Å². The van der Waals surface area contributed by atoms with Gasteiger partial charge in [-0.05, 0) is 23.6 Å². The molecule has 0 fully saturated rings. The Morgan fingerprint density at radius 1 is 1.42 bits per heavy atom. The van der Waals surface area contributed by atoms with Crippen molar-refractivity contribution < 1.29 is 8.85 Å². The summed E-state index contributed by atoms with van der Waals surface area (Å²) >= 11 is 0. The topological polar surface area (TPSA) is 27.1 Å². The quantitative estimate of drug-likeness (QED) is 0.745. The number of hydrogen-bond acceptors (Lipinski definition) is 2. The summed E-state index contributed by atoms with van der Waals surface area (Å²) in [6, 6.07) is 7.73. The molecular weight excluding hydrogens is 236 g/mol. The minimum atomic E-state index is -2.25. The average Bonchev–Trinajstić information content (AvgIpc) is 2.89. The first-order valence-electron chi connectivity index (χ1n) is 7.85. The third-order valence-corrected chi connectivity index (χ3v) is 2.92. The van der Waals surface area contributed by atoms with E-state index in [4.69, 9.17) is 8.85 Å². The second kappa shape index (κ2) is 6.23. The van der Waals surface area contributed by atoms with Crippen LogP contribution >= 0.6 is 0 Å². The van der Waals surface area contributed by atoms with Crippen LogP contribution in [0.3, 0.4) is 0 Å². The molecule has 0 atom stereocenters. The standard InChI is InChI=1S/C16H20N2O/c1-4-10-19-16-9-7-6-8-13(16)11-14-12-18(3)17-15(14)5-2/h4,6-9,12H,1,5,10-11H2,2-3H3/i3D3. The molecule has 0 N–H and O–H groups in total. The number of aryl methyl sites for hydroxylation is 2. The van der Waals surface area contributed by atoms with Gasteiger partial charge in [0.1, 0.15) is 12.4 Å². The van der Waals surface area contributed by atoms with Gasteiger partial charge in [0.05, 0.1) is 5.69 Å². The molecule has 2 aromatic rings. The molecule has 0 aliphatic heterocycles. The van der Waals surface area contributed by atoms with E-state index >= 15 is 0 Å². The van der Waals surface area contributed by atoms with E-state index in [1.165, 1.54) is 0 Å². The van der Waals surface area contributed by atoms with E-state index in [-0.39, 0.29) is 0 Å². The maximum atomic E-state index is 7.47. The normalized spacial score (nSPS) is 13.4. The van der Waals surface area contributed by atoms with Gasteiger partial charge in [-0.1, -0.05) is 37.8 Å². The molecule has 0 radical (unpaired) electrons. The van der Waals surface area contributed by atoms with E-state index in [2.05, 4.69) is 11.7 Å². The van der Waals surface area contributed by atoms with E-state index < -0.39 is 6.98 Å². The molecule has 3 nitrogen and oxygen atoms in total. The lowest BCUT2D eigenvalue weighted by Gasteiger charge is -2.09. The predicted octanol–water partition coefficient (Wildman–Crippen LogP) is 3.14. The molecule has 0 saturated carbocycles. The van der Waals surface area contributed by atoms with Crippen LogP contribution in [0.1, 0.15) is 27.9 Å². The third kappa shape index (κ3) is 3.25. The highest BCUT2D eigenvalue weighted by molar-refractivity contribution is 5.38. The SMILES string of the molecule is [2H]C([2H])([2H])n1cc(Cc2ccccc2OCC=C)c(CC)n1. The maximum Gasteiger partial charge on any atom is 0.123 e. The Labute approximate surface area is 118 Å². The molecule has 1 aromatic heterocycles. The molecule has 1 aromatic carbocycles. The van der Waals surface area contributed by atoms with Crippen LogP contribution in [-0.4, -0.2) is 16.4 Å². The summed E-state index contributed by atoms with van der Waals surface area (Å²) in [6.45, 7) is 3.80. The van der Waals surface area contributed by atoms with Crippen LogP contribution in [0.25, 0.3) is 0 Å². The molecule has 0 aliphatic rings. The largest absolute Gasteiger partial charge is 0.489 e. The van der Waals surface area contributed by atoms with Crippen molar-refractivity contribution in [1.29, 1.82) is 0 Å². The van der Waals surface area contributed by atoms with Crippen molar-refractivity contribution >= 4 is 0 Å². The van der Waals surface area contributed by atoms with E-state index in [0.717, 1.165) is 27.3 Å². The fourth-order valence-corrected chi connectivity index (χ4v) is 2.04. The minimum Gasteiger partial charge on any atom is -0.489 e. The lowest BCUT2D eigenvalue weighted by molar-refractivity contribution is 0.360. The van der Waals surface area contributed by atoms with Crippen molar-refractivity contribution in [1.82, 2.24) is 9.78 Å².